The number of nitrogens with one attached hydrogen (secondary N) is 2. The number of aliphatic imine (C=N–C) groups is 2. The zero-order chi connectivity index (χ0) is 50.5. The minimum atomic E-state index is -0.758. The van der Waals surface area contributed by atoms with Crippen LogP contribution in [0.25, 0.3) is 43.9 Å². The molecule has 0 radical (unpaired) electrons. The van der Waals surface area contributed by atoms with Gasteiger partial charge in [0.05, 0.1) is 48.0 Å². The number of allylic oxidation sites excluding steroid dienone is 2. The Balaban J connectivity index is 0.00000234. The maximum atomic E-state index is 17.1. The van der Waals surface area contributed by atoms with Crippen LogP contribution in [-0.2, 0) is 19.1 Å². The summed E-state index contributed by atoms with van der Waals surface area (Å²) >= 11 is 7.72. The molecule has 2 saturated heterocycles. The lowest BCUT2D eigenvalue weighted by molar-refractivity contribution is -0.134. The van der Waals surface area contributed by atoms with Gasteiger partial charge < -0.3 is 34.6 Å². The van der Waals surface area contributed by atoms with Gasteiger partial charge in [-0.1, -0.05) is 57.5 Å². The Labute approximate surface area is 478 Å². The number of benzene rings is 3. The number of carbonyl (C=O) groups is 4. The first kappa shape index (κ1) is 59.8. The lowest BCUT2D eigenvalue weighted by atomic mass is 9.95. The minimum absolute atomic E-state index is 0. The third kappa shape index (κ3) is 11.6. The Bertz CT molecular complexity index is 3140. The van der Waals surface area contributed by atoms with Gasteiger partial charge in [0, 0.05) is 71.9 Å². The van der Waals surface area contributed by atoms with Crippen LogP contribution in [-0.4, -0.2) is 106 Å². The van der Waals surface area contributed by atoms with Gasteiger partial charge in [0.25, 0.3) is 0 Å². The van der Waals surface area contributed by atoms with Crippen LogP contribution >= 0.6 is 76.9 Å². The van der Waals surface area contributed by atoms with E-state index in [1.54, 1.807) is 17.3 Å². The molecule has 3 aromatic carbocycles. The van der Waals surface area contributed by atoms with Crippen molar-refractivity contribution in [3.63, 3.8) is 0 Å². The standard InChI is InChI=1S/C54H56ClFN8O7S.4H2S/c1-28(2)47(60-53(67)69-5)50(65)62-17-7-9-41(62)38-21-34(25-57-38)31-13-16-40-33(19-31)23-43-46-37(56)20-32(24-44(46)71-52(64(40)43)45-27-59-49(72-45)30-11-14-36(55)15-12-30)35-22-39(58-26-35)42-10-8-18-63(42)51(66)48(29(3)4)61-54(68)70-6;;;;/h11-16,19-20,23-29,41-42,47-48,52H,7-10,17-18,21-22H2,1-6H3,(H,60,67)(H,61,68);4*1H2/t41-,42-,47-,48-,52?;;;;/m0..../s1. The maximum absolute atomic E-state index is 17.1. The molecule has 5 atom stereocenters. The predicted octanol–water partition coefficient (Wildman–Crippen LogP) is 10.7. The minimum Gasteiger partial charge on any atom is -0.464 e. The molecule has 2 fully saturated rings. The maximum Gasteiger partial charge on any atom is 0.407 e. The van der Waals surface area contributed by atoms with Crippen molar-refractivity contribution in [2.24, 2.45) is 21.8 Å². The molecule has 5 aliphatic heterocycles. The number of hydrogen-bond donors (Lipinski definition) is 2. The van der Waals surface area contributed by atoms with E-state index in [9.17, 15) is 19.2 Å². The second-order valence-electron chi connectivity index (χ2n) is 19.5. The molecular weight excluding hydrogens is 1090 g/mol. The van der Waals surface area contributed by atoms with Gasteiger partial charge in [-0.05, 0) is 102 Å². The number of aromatic nitrogens is 2. The molecule has 4 amide bonds. The van der Waals surface area contributed by atoms with Gasteiger partial charge in [0.2, 0.25) is 18.0 Å². The SMILES string of the molecule is COC(=O)N[C@H](C(=O)N1CCC[C@H]1C1=NC=C(c2cc(F)c3c(c2)OC(c2cnc(-c4ccc(Cl)cc4)s2)n2c-3cc3cc(C4=CN=C([C@@H]5CCCN5C(=O)[C@@H](NC(=O)OC)C(C)C)C4)ccc32)C1)C(C)C.S.S.S.S. The molecule has 2 N–H and O–H groups in total. The zero-order valence-electron chi connectivity index (χ0n) is 42.9. The number of rotatable bonds is 12. The third-order valence-electron chi connectivity index (χ3n) is 14.4. The molecule has 0 saturated carbocycles. The highest BCUT2D eigenvalue weighted by Gasteiger charge is 2.41. The molecule has 2 aromatic heterocycles. The summed E-state index contributed by atoms with van der Waals surface area (Å²) in [4.78, 5) is 71.1. The van der Waals surface area contributed by atoms with Crippen LogP contribution < -0.4 is 15.4 Å². The number of nitrogens with zero attached hydrogens (tertiary/aromatic N) is 6. The summed E-state index contributed by atoms with van der Waals surface area (Å²) in [5.74, 6) is -0.727. The van der Waals surface area contributed by atoms with E-state index >= 15 is 4.39 Å². The van der Waals surface area contributed by atoms with E-state index in [0.29, 0.717) is 53.5 Å². The van der Waals surface area contributed by atoms with Gasteiger partial charge in [-0.3, -0.25) is 24.1 Å². The number of alkyl carbamates (subject to hydrolysis) is 2. The number of ether oxygens (including phenoxy) is 3. The number of methoxy groups -OCH3 is 2. The van der Waals surface area contributed by atoms with Crippen molar-refractivity contribution in [3.05, 3.63) is 106 Å². The molecule has 15 nitrogen and oxygen atoms in total. The van der Waals surface area contributed by atoms with E-state index in [1.807, 2.05) is 91.9 Å². The van der Waals surface area contributed by atoms with Gasteiger partial charge in [-0.2, -0.15) is 54.0 Å². The first-order valence-corrected chi connectivity index (χ1v) is 25.6. The van der Waals surface area contributed by atoms with Crippen molar-refractivity contribution in [3.8, 4) is 27.6 Å². The van der Waals surface area contributed by atoms with Crippen molar-refractivity contribution in [1.29, 1.82) is 0 Å². The molecule has 0 aliphatic carbocycles. The summed E-state index contributed by atoms with van der Waals surface area (Å²) in [7, 11) is 2.56. The van der Waals surface area contributed by atoms with E-state index in [1.165, 1.54) is 31.6 Å². The number of thiazole rings is 1. The van der Waals surface area contributed by atoms with Crippen molar-refractivity contribution in [2.45, 2.75) is 96.6 Å². The lowest BCUT2D eigenvalue weighted by Crippen LogP contribution is -2.53. The van der Waals surface area contributed by atoms with Gasteiger partial charge in [-0.15, -0.1) is 11.3 Å². The van der Waals surface area contributed by atoms with Gasteiger partial charge in [0.1, 0.15) is 28.7 Å². The predicted molar refractivity (Wildman–Crippen MR) is 318 cm³/mol. The van der Waals surface area contributed by atoms with Crippen molar-refractivity contribution in [1.82, 2.24) is 30.0 Å². The fraction of sp³-hybridized carbons (Fsp3) is 0.389. The number of halogens is 2. The average molecular weight is 1150 g/mol. The van der Waals surface area contributed by atoms with E-state index in [2.05, 4.69) is 16.7 Å². The first-order chi connectivity index (χ1) is 34.7. The number of amides is 4. The highest BCUT2D eigenvalue weighted by molar-refractivity contribution is 7.59. The summed E-state index contributed by atoms with van der Waals surface area (Å²) in [6.07, 6.45) is 7.49. The molecule has 10 rings (SSSR count). The summed E-state index contributed by atoms with van der Waals surface area (Å²) < 4.78 is 35.7. The topological polar surface area (TPSA) is 169 Å². The number of likely N-dealkylation sites (tertiary alicyclic amines) is 2. The highest BCUT2D eigenvalue weighted by atomic mass is 35.5. The van der Waals surface area contributed by atoms with Crippen LogP contribution in [0.2, 0.25) is 5.02 Å². The molecular formula is C54H64ClFN8O7S5. The van der Waals surface area contributed by atoms with E-state index in [0.717, 1.165) is 80.2 Å². The Morgan fingerprint density at radius 1 is 0.737 bits per heavy atom. The normalized spacial score (nSPS) is 19.1. The molecule has 0 bridgehead atoms. The molecule has 5 aliphatic rings. The number of carbonyl (C=O) groups excluding carboxylic acids is 4. The second kappa shape index (κ2) is 24.9. The number of fused-ring (bicyclic) bond motifs is 5. The molecule has 0 spiro atoms. The Hall–Kier alpha value is -5.45. The monoisotopic (exact) mass is 1150 g/mol. The molecule has 5 aromatic rings. The van der Waals surface area contributed by atoms with E-state index in [4.69, 9.17) is 40.8 Å². The summed E-state index contributed by atoms with van der Waals surface area (Å²) in [6, 6.07) is 17.2. The molecule has 1 unspecified atom stereocenters. The van der Waals surface area contributed by atoms with Gasteiger partial charge in [0.15, 0.2) is 0 Å². The first-order valence-electron chi connectivity index (χ1n) is 24.4. The largest absolute Gasteiger partial charge is 0.464 e. The fourth-order valence-corrected chi connectivity index (χ4v) is 11.7. The zero-order valence-corrected chi connectivity index (χ0v) is 48.5. The molecule has 22 heteroatoms. The quantitative estimate of drug-likeness (QED) is 0.124. The van der Waals surface area contributed by atoms with Crippen molar-refractivity contribution >= 4 is 134 Å². The number of hydrogen-bond acceptors (Lipinski definition) is 11. The van der Waals surface area contributed by atoms with Crippen LogP contribution in [0.1, 0.15) is 88.5 Å². The Morgan fingerprint density at radius 2 is 1.28 bits per heavy atom. The lowest BCUT2D eigenvalue weighted by Gasteiger charge is -2.31. The molecule has 406 valence electrons. The smallest absolute Gasteiger partial charge is 0.407 e. The average Bonchev–Trinajstić information content (AvgIpc) is 4.24. The molecule has 7 heterocycles. The Morgan fingerprint density at radius 3 is 1.82 bits per heavy atom. The van der Waals surface area contributed by atoms with Crippen molar-refractivity contribution < 1.29 is 37.8 Å². The molecule has 76 heavy (non-hydrogen) atoms. The van der Waals surface area contributed by atoms with Gasteiger partial charge in [-0.25, -0.2) is 19.0 Å². The van der Waals surface area contributed by atoms with Crippen molar-refractivity contribution in [2.75, 3.05) is 27.3 Å². The fourth-order valence-electron chi connectivity index (χ4n) is 10.6. The summed E-state index contributed by atoms with van der Waals surface area (Å²) in [5.41, 5.74) is 7.80. The Kier molecular flexibility index (Phi) is 19.6. The van der Waals surface area contributed by atoms with E-state index < -0.39 is 36.3 Å². The van der Waals surface area contributed by atoms with Crippen LogP contribution in [0.5, 0.6) is 5.75 Å². The summed E-state index contributed by atoms with van der Waals surface area (Å²) in [6.45, 7) is 8.66. The second-order valence-corrected chi connectivity index (χ2v) is 21.0. The van der Waals surface area contributed by atoms with Crippen LogP contribution in [0.15, 0.2) is 89.2 Å². The highest BCUT2D eigenvalue weighted by Crippen LogP contribution is 2.49. The van der Waals surface area contributed by atoms with E-state index in [-0.39, 0.29) is 89.7 Å². The summed E-state index contributed by atoms with van der Waals surface area (Å²) in [5, 5.41) is 7.71. The van der Waals surface area contributed by atoms with Crippen LogP contribution in [0.3, 0.4) is 0 Å². The van der Waals surface area contributed by atoms with Gasteiger partial charge >= 0.3 is 12.2 Å². The van der Waals surface area contributed by atoms with Crippen LogP contribution in [0.4, 0.5) is 14.0 Å². The third-order valence-corrected chi connectivity index (χ3v) is 15.7. The van der Waals surface area contributed by atoms with Crippen LogP contribution in [0, 0.1) is 17.7 Å².